The van der Waals surface area contributed by atoms with Crippen molar-refractivity contribution in [3.63, 3.8) is 0 Å². The van der Waals surface area contributed by atoms with Crippen LogP contribution in [-0.4, -0.2) is 66.4 Å². The summed E-state index contributed by atoms with van der Waals surface area (Å²) in [5, 5.41) is 10.8. The molecule has 168 valence electrons. The lowest BCUT2D eigenvalue weighted by molar-refractivity contribution is -0.199. The molecule has 3 aliphatic rings. The molecule has 4 rings (SSSR count). The molecule has 0 bridgehead atoms. The first-order valence-electron chi connectivity index (χ1n) is 10.9. The molecular weight excluding hydrogens is 400 g/mol. The summed E-state index contributed by atoms with van der Waals surface area (Å²) in [6, 6.07) is 2.88. The first kappa shape index (κ1) is 21.8. The molecule has 3 aliphatic heterocycles. The Hall–Kier alpha value is -2.42. The van der Waals surface area contributed by atoms with E-state index < -0.39 is 30.8 Å². The Morgan fingerprint density at radius 1 is 1.29 bits per heavy atom. The Labute approximate surface area is 182 Å². The molecule has 8 heteroatoms. The molecule has 2 amide bonds. The standard InChI is InChI=1S/C23H30N2O6/c1-4-10-30-23(28)25-17-13-15(3)14(2)12-16(17)21(27)24-9-8-18(26)20(24)22(25)31-19-7-5-6-11-29-19/h4,12-13,18-20,22,26H,1,5-11H2,2-3H3/t18-,19?,20-,22?/m0/s1. The van der Waals surface area contributed by atoms with Crippen LogP contribution in [0.5, 0.6) is 0 Å². The normalized spacial score (nSPS) is 28.0. The SMILES string of the molecule is C=CCOC(=O)N1c2cc(C)c(C)cc2C(=O)N2CC[C@H](O)[C@H]2C1OC1CCCCO1. The van der Waals surface area contributed by atoms with E-state index in [1.807, 2.05) is 19.9 Å². The number of hydrogen-bond acceptors (Lipinski definition) is 6. The second kappa shape index (κ2) is 8.98. The minimum absolute atomic E-state index is 0.0209. The molecule has 1 aromatic carbocycles. The van der Waals surface area contributed by atoms with E-state index in [9.17, 15) is 14.7 Å². The molecule has 1 N–H and O–H groups in total. The number of aryl methyl sites for hydroxylation is 2. The number of carbonyl (C=O) groups is 2. The lowest BCUT2D eigenvalue weighted by Gasteiger charge is -2.39. The van der Waals surface area contributed by atoms with Crippen LogP contribution in [-0.2, 0) is 14.2 Å². The summed E-state index contributed by atoms with van der Waals surface area (Å²) >= 11 is 0. The number of ether oxygens (including phenoxy) is 3. The molecule has 4 atom stereocenters. The predicted octanol–water partition coefficient (Wildman–Crippen LogP) is 2.89. The zero-order chi connectivity index (χ0) is 22.1. The number of fused-ring (bicyclic) bond motifs is 2. The van der Waals surface area contributed by atoms with Crippen molar-refractivity contribution in [2.75, 3.05) is 24.7 Å². The summed E-state index contributed by atoms with van der Waals surface area (Å²) < 4.78 is 17.5. The Balaban J connectivity index is 1.84. The van der Waals surface area contributed by atoms with Crippen molar-refractivity contribution >= 4 is 17.7 Å². The fourth-order valence-electron chi connectivity index (χ4n) is 4.51. The van der Waals surface area contributed by atoms with Gasteiger partial charge in [-0.05, 0) is 62.8 Å². The van der Waals surface area contributed by atoms with E-state index in [1.165, 1.54) is 11.0 Å². The smallest absolute Gasteiger partial charge is 0.416 e. The van der Waals surface area contributed by atoms with Crippen LogP contribution in [0.25, 0.3) is 0 Å². The van der Waals surface area contributed by atoms with Gasteiger partial charge in [0.15, 0.2) is 12.5 Å². The van der Waals surface area contributed by atoms with Crippen molar-refractivity contribution in [3.05, 3.63) is 41.5 Å². The number of aliphatic hydroxyl groups is 1. The van der Waals surface area contributed by atoms with Crippen molar-refractivity contribution in [2.45, 2.75) is 64.2 Å². The summed E-state index contributed by atoms with van der Waals surface area (Å²) in [5.41, 5.74) is 2.69. The fourth-order valence-corrected chi connectivity index (χ4v) is 4.51. The molecule has 0 radical (unpaired) electrons. The van der Waals surface area contributed by atoms with Gasteiger partial charge in [-0.25, -0.2) is 9.69 Å². The van der Waals surface area contributed by atoms with Gasteiger partial charge in [0.05, 0.1) is 17.4 Å². The minimum Gasteiger partial charge on any atom is -0.445 e. The zero-order valence-corrected chi connectivity index (χ0v) is 18.1. The predicted molar refractivity (Wildman–Crippen MR) is 114 cm³/mol. The van der Waals surface area contributed by atoms with Gasteiger partial charge in [0.25, 0.3) is 5.91 Å². The van der Waals surface area contributed by atoms with E-state index in [-0.39, 0.29) is 12.5 Å². The van der Waals surface area contributed by atoms with Crippen LogP contribution in [0.3, 0.4) is 0 Å². The first-order valence-corrected chi connectivity index (χ1v) is 10.9. The van der Waals surface area contributed by atoms with Gasteiger partial charge in [-0.2, -0.15) is 0 Å². The van der Waals surface area contributed by atoms with Crippen molar-refractivity contribution in [1.29, 1.82) is 0 Å². The highest BCUT2D eigenvalue weighted by atomic mass is 16.7. The van der Waals surface area contributed by atoms with E-state index in [2.05, 4.69) is 6.58 Å². The summed E-state index contributed by atoms with van der Waals surface area (Å²) in [4.78, 5) is 29.7. The van der Waals surface area contributed by atoms with Crippen LogP contribution in [0.4, 0.5) is 10.5 Å². The van der Waals surface area contributed by atoms with E-state index >= 15 is 0 Å². The molecule has 0 spiro atoms. The van der Waals surface area contributed by atoms with Crippen LogP contribution < -0.4 is 4.90 Å². The second-order valence-electron chi connectivity index (χ2n) is 8.36. The Bertz CT molecular complexity index is 866. The van der Waals surface area contributed by atoms with Gasteiger partial charge in [0, 0.05) is 13.2 Å². The molecular formula is C23H30N2O6. The van der Waals surface area contributed by atoms with Gasteiger partial charge >= 0.3 is 6.09 Å². The number of aliphatic hydroxyl groups excluding tert-OH is 1. The van der Waals surface area contributed by atoms with Gasteiger partial charge in [-0.3, -0.25) is 4.79 Å². The third kappa shape index (κ3) is 4.07. The Morgan fingerprint density at radius 2 is 2.06 bits per heavy atom. The van der Waals surface area contributed by atoms with Gasteiger partial charge in [0.2, 0.25) is 0 Å². The van der Waals surface area contributed by atoms with Crippen LogP contribution >= 0.6 is 0 Å². The number of rotatable bonds is 4. The third-order valence-electron chi connectivity index (χ3n) is 6.28. The maximum atomic E-state index is 13.5. The second-order valence-corrected chi connectivity index (χ2v) is 8.36. The van der Waals surface area contributed by atoms with E-state index in [1.54, 1.807) is 11.0 Å². The maximum absolute atomic E-state index is 13.5. The summed E-state index contributed by atoms with van der Waals surface area (Å²) in [7, 11) is 0. The van der Waals surface area contributed by atoms with Crippen molar-refractivity contribution in [2.24, 2.45) is 0 Å². The van der Waals surface area contributed by atoms with E-state index in [4.69, 9.17) is 14.2 Å². The van der Waals surface area contributed by atoms with Crippen LogP contribution in [0.15, 0.2) is 24.8 Å². The highest BCUT2D eigenvalue weighted by Gasteiger charge is 2.51. The molecule has 0 saturated carbocycles. The van der Waals surface area contributed by atoms with Gasteiger partial charge < -0.3 is 24.2 Å². The molecule has 0 aliphatic carbocycles. The van der Waals surface area contributed by atoms with Gasteiger partial charge in [0.1, 0.15) is 12.6 Å². The lowest BCUT2D eigenvalue weighted by Crippen LogP contribution is -2.57. The number of hydrogen-bond donors (Lipinski definition) is 1. The van der Waals surface area contributed by atoms with Crippen molar-refractivity contribution in [3.8, 4) is 0 Å². The Morgan fingerprint density at radius 3 is 2.77 bits per heavy atom. The third-order valence-corrected chi connectivity index (χ3v) is 6.28. The number of nitrogens with zero attached hydrogens (tertiary/aromatic N) is 2. The molecule has 2 unspecified atom stereocenters. The lowest BCUT2D eigenvalue weighted by atomic mass is 10.0. The summed E-state index contributed by atoms with van der Waals surface area (Å²) in [5.74, 6) is -0.225. The van der Waals surface area contributed by atoms with Crippen LogP contribution in [0, 0.1) is 13.8 Å². The maximum Gasteiger partial charge on any atom is 0.416 e. The van der Waals surface area contributed by atoms with Gasteiger partial charge in [-0.15, -0.1) is 0 Å². The zero-order valence-electron chi connectivity index (χ0n) is 18.1. The molecule has 31 heavy (non-hydrogen) atoms. The van der Waals surface area contributed by atoms with Crippen molar-refractivity contribution < 1.29 is 28.9 Å². The van der Waals surface area contributed by atoms with Crippen LogP contribution in [0.2, 0.25) is 0 Å². The van der Waals surface area contributed by atoms with Crippen molar-refractivity contribution in [1.82, 2.24) is 4.90 Å². The largest absolute Gasteiger partial charge is 0.445 e. The summed E-state index contributed by atoms with van der Waals surface area (Å²) in [6.07, 6.45) is 1.54. The number of anilines is 1. The minimum atomic E-state index is -0.940. The number of benzene rings is 1. The number of amides is 2. The quantitative estimate of drug-likeness (QED) is 0.739. The van der Waals surface area contributed by atoms with Crippen LogP contribution in [0.1, 0.15) is 47.2 Å². The number of carbonyl (C=O) groups excluding carboxylic acids is 2. The Kier molecular flexibility index (Phi) is 6.31. The fraction of sp³-hybridized carbons (Fsp3) is 0.565. The van der Waals surface area contributed by atoms with Gasteiger partial charge in [-0.1, -0.05) is 12.7 Å². The molecule has 2 saturated heterocycles. The topological polar surface area (TPSA) is 88.5 Å². The first-order chi connectivity index (χ1) is 14.9. The van der Waals surface area contributed by atoms with E-state index in [0.717, 1.165) is 24.0 Å². The highest BCUT2D eigenvalue weighted by molar-refractivity contribution is 6.05. The summed E-state index contributed by atoms with van der Waals surface area (Å²) in [6.45, 7) is 8.44. The molecule has 0 aromatic heterocycles. The monoisotopic (exact) mass is 430 g/mol. The molecule has 8 nitrogen and oxygen atoms in total. The van der Waals surface area contributed by atoms with E-state index in [0.29, 0.717) is 37.2 Å². The average molecular weight is 431 g/mol. The average Bonchev–Trinajstić information content (AvgIpc) is 3.11. The highest BCUT2D eigenvalue weighted by Crippen LogP contribution is 2.38. The molecule has 1 aromatic rings. The molecule has 2 fully saturated rings. The molecule has 3 heterocycles.